The molecule has 2 saturated heterocycles. The number of hydrogen-bond acceptors (Lipinski definition) is 3. The predicted molar refractivity (Wildman–Crippen MR) is 81.0 cm³/mol. The van der Waals surface area contributed by atoms with Gasteiger partial charge in [-0.1, -0.05) is 6.07 Å². The average Bonchev–Trinajstić information content (AvgIpc) is 3.01. The lowest BCUT2D eigenvalue weighted by atomic mass is 10.0. The Hall–Kier alpha value is -1.27. The van der Waals surface area contributed by atoms with Gasteiger partial charge in [0, 0.05) is 57.1 Å². The van der Waals surface area contributed by atoms with Crippen LogP contribution in [0.4, 0.5) is 18.9 Å². The van der Waals surface area contributed by atoms with Crippen LogP contribution in [0.1, 0.15) is 24.0 Å². The van der Waals surface area contributed by atoms with Gasteiger partial charge in [-0.05, 0) is 25.0 Å². The third kappa shape index (κ3) is 3.38. The Kier molecular flexibility index (Phi) is 4.59. The maximum atomic E-state index is 13.4. The van der Waals surface area contributed by atoms with Gasteiger partial charge >= 0.3 is 6.18 Å². The molecule has 0 amide bonds. The molecule has 6 heteroatoms. The van der Waals surface area contributed by atoms with Crippen molar-refractivity contribution in [2.24, 2.45) is 0 Å². The minimum absolute atomic E-state index is 0.378. The topological polar surface area (TPSA) is 18.5 Å². The standard InChI is InChI=1S/C16H22F3N3/c17-16(18,19)14-4-3-5-15(22-8-1-2-9-22)13(14)12-21-10-6-20-7-11-21/h3-5,20H,1-2,6-12H2. The van der Waals surface area contributed by atoms with Gasteiger partial charge in [0.2, 0.25) is 0 Å². The predicted octanol–water partition coefficient (Wildman–Crippen LogP) is 2.71. The van der Waals surface area contributed by atoms with Crippen molar-refractivity contribution in [3.8, 4) is 0 Å². The summed E-state index contributed by atoms with van der Waals surface area (Å²) < 4.78 is 40.3. The van der Waals surface area contributed by atoms with Crippen molar-refractivity contribution >= 4 is 5.69 Å². The van der Waals surface area contributed by atoms with Crippen molar-refractivity contribution in [2.45, 2.75) is 25.6 Å². The highest BCUT2D eigenvalue weighted by Gasteiger charge is 2.35. The van der Waals surface area contributed by atoms with Crippen molar-refractivity contribution in [2.75, 3.05) is 44.2 Å². The van der Waals surface area contributed by atoms with Crippen LogP contribution in [0.25, 0.3) is 0 Å². The quantitative estimate of drug-likeness (QED) is 0.926. The number of rotatable bonds is 3. The number of benzene rings is 1. The monoisotopic (exact) mass is 313 g/mol. The largest absolute Gasteiger partial charge is 0.416 e. The molecule has 1 N–H and O–H groups in total. The highest BCUT2D eigenvalue weighted by Crippen LogP contribution is 2.37. The fourth-order valence-corrected chi connectivity index (χ4v) is 3.35. The second kappa shape index (κ2) is 6.46. The molecule has 2 aliphatic heterocycles. The zero-order valence-electron chi connectivity index (χ0n) is 12.6. The zero-order valence-corrected chi connectivity index (χ0v) is 12.6. The van der Waals surface area contributed by atoms with Crippen LogP contribution in [0.5, 0.6) is 0 Å². The molecule has 0 saturated carbocycles. The molecule has 0 unspecified atom stereocenters. The summed E-state index contributed by atoms with van der Waals surface area (Å²) in [6.07, 6.45) is -2.17. The molecule has 0 spiro atoms. The van der Waals surface area contributed by atoms with Crippen LogP contribution in [0.2, 0.25) is 0 Å². The van der Waals surface area contributed by atoms with E-state index < -0.39 is 11.7 Å². The molecule has 2 fully saturated rings. The summed E-state index contributed by atoms with van der Waals surface area (Å²) in [6, 6.07) is 4.60. The van der Waals surface area contributed by atoms with Crippen LogP contribution in [-0.2, 0) is 12.7 Å². The number of nitrogens with zero attached hydrogens (tertiary/aromatic N) is 2. The summed E-state index contributed by atoms with van der Waals surface area (Å²) in [6.45, 7) is 5.37. The molecule has 0 atom stereocenters. The SMILES string of the molecule is FC(F)(F)c1cccc(N2CCCC2)c1CN1CCNCC1. The molecule has 0 bridgehead atoms. The molecule has 122 valence electrons. The molecule has 2 aliphatic rings. The van der Waals surface area contributed by atoms with Gasteiger partial charge in [0.25, 0.3) is 0 Å². The van der Waals surface area contributed by atoms with Crippen molar-refractivity contribution < 1.29 is 13.2 Å². The molecule has 3 nitrogen and oxygen atoms in total. The van der Waals surface area contributed by atoms with Gasteiger partial charge in [0.05, 0.1) is 5.56 Å². The first-order chi connectivity index (χ1) is 10.6. The molecule has 0 aromatic heterocycles. The Balaban J connectivity index is 1.94. The van der Waals surface area contributed by atoms with E-state index in [2.05, 4.69) is 15.1 Å². The lowest BCUT2D eigenvalue weighted by Crippen LogP contribution is -2.43. The average molecular weight is 313 g/mol. The van der Waals surface area contributed by atoms with Crippen molar-refractivity contribution in [3.63, 3.8) is 0 Å². The Morgan fingerprint density at radius 2 is 1.68 bits per heavy atom. The Bertz CT molecular complexity index is 504. The molecular formula is C16H22F3N3. The third-order valence-corrected chi connectivity index (χ3v) is 4.49. The highest BCUT2D eigenvalue weighted by molar-refractivity contribution is 5.58. The van der Waals surface area contributed by atoms with Gasteiger partial charge < -0.3 is 10.2 Å². The summed E-state index contributed by atoms with van der Waals surface area (Å²) in [7, 11) is 0. The Morgan fingerprint density at radius 3 is 2.32 bits per heavy atom. The minimum Gasteiger partial charge on any atom is -0.371 e. The molecule has 1 aromatic carbocycles. The molecule has 2 heterocycles. The summed E-state index contributed by atoms with van der Waals surface area (Å²) in [5.41, 5.74) is 0.736. The number of halogens is 3. The van der Waals surface area contributed by atoms with Crippen molar-refractivity contribution in [1.82, 2.24) is 10.2 Å². The van der Waals surface area contributed by atoms with Gasteiger partial charge in [-0.3, -0.25) is 4.90 Å². The zero-order chi connectivity index (χ0) is 15.6. The minimum atomic E-state index is -4.29. The Morgan fingerprint density at radius 1 is 1.00 bits per heavy atom. The van der Waals surface area contributed by atoms with Crippen LogP contribution in [0, 0.1) is 0 Å². The smallest absolute Gasteiger partial charge is 0.371 e. The summed E-state index contributed by atoms with van der Waals surface area (Å²) in [4.78, 5) is 4.22. The fourth-order valence-electron chi connectivity index (χ4n) is 3.35. The number of nitrogens with one attached hydrogen (secondary N) is 1. The van der Waals surface area contributed by atoms with Gasteiger partial charge in [0.15, 0.2) is 0 Å². The number of hydrogen-bond donors (Lipinski definition) is 1. The van der Waals surface area contributed by atoms with Crippen molar-refractivity contribution in [3.05, 3.63) is 29.3 Å². The highest BCUT2D eigenvalue weighted by atomic mass is 19.4. The van der Waals surface area contributed by atoms with Gasteiger partial charge in [-0.15, -0.1) is 0 Å². The van der Waals surface area contributed by atoms with Gasteiger partial charge in [-0.2, -0.15) is 13.2 Å². The van der Waals surface area contributed by atoms with E-state index in [4.69, 9.17) is 0 Å². The lowest BCUT2D eigenvalue weighted by molar-refractivity contribution is -0.138. The second-order valence-electron chi connectivity index (χ2n) is 6.02. The van der Waals surface area contributed by atoms with Crippen LogP contribution < -0.4 is 10.2 Å². The molecule has 1 aromatic rings. The van der Waals surface area contributed by atoms with Gasteiger partial charge in [-0.25, -0.2) is 0 Å². The molecule has 3 rings (SSSR count). The van der Waals surface area contributed by atoms with Crippen LogP contribution in [0.3, 0.4) is 0 Å². The van der Waals surface area contributed by atoms with Crippen LogP contribution in [-0.4, -0.2) is 44.2 Å². The van der Waals surface area contributed by atoms with E-state index in [0.29, 0.717) is 12.1 Å². The number of piperazine rings is 1. The fraction of sp³-hybridized carbons (Fsp3) is 0.625. The first kappa shape index (κ1) is 15.6. The molecular weight excluding hydrogens is 291 g/mol. The van der Waals surface area contributed by atoms with E-state index in [1.165, 1.54) is 12.1 Å². The van der Waals surface area contributed by atoms with E-state index in [1.54, 1.807) is 0 Å². The van der Waals surface area contributed by atoms with Crippen molar-refractivity contribution in [1.29, 1.82) is 0 Å². The van der Waals surface area contributed by atoms with Crippen LogP contribution in [0.15, 0.2) is 18.2 Å². The van der Waals surface area contributed by atoms with E-state index >= 15 is 0 Å². The maximum Gasteiger partial charge on any atom is 0.416 e. The van der Waals surface area contributed by atoms with Gasteiger partial charge in [0.1, 0.15) is 0 Å². The first-order valence-electron chi connectivity index (χ1n) is 7.93. The van der Waals surface area contributed by atoms with E-state index in [0.717, 1.165) is 57.8 Å². The Labute approximate surface area is 129 Å². The summed E-state index contributed by atoms with van der Waals surface area (Å²) in [5.74, 6) is 0. The first-order valence-corrected chi connectivity index (χ1v) is 7.93. The number of alkyl halides is 3. The second-order valence-corrected chi connectivity index (χ2v) is 6.02. The third-order valence-electron chi connectivity index (χ3n) is 4.49. The number of anilines is 1. The molecule has 22 heavy (non-hydrogen) atoms. The lowest BCUT2D eigenvalue weighted by Gasteiger charge is -2.31. The molecule has 0 aliphatic carbocycles. The summed E-state index contributed by atoms with van der Waals surface area (Å²) >= 11 is 0. The normalized spacial score (nSPS) is 20.6. The van der Waals surface area contributed by atoms with E-state index in [-0.39, 0.29) is 0 Å². The van der Waals surface area contributed by atoms with E-state index in [9.17, 15) is 13.2 Å². The summed E-state index contributed by atoms with van der Waals surface area (Å²) in [5, 5.41) is 3.24. The maximum absolute atomic E-state index is 13.4. The van der Waals surface area contributed by atoms with E-state index in [1.807, 2.05) is 6.07 Å². The molecule has 0 radical (unpaired) electrons. The van der Waals surface area contributed by atoms with Crippen LogP contribution >= 0.6 is 0 Å².